The highest BCUT2D eigenvalue weighted by Gasteiger charge is 1.98. The molecule has 0 bridgehead atoms. The van der Waals surface area contributed by atoms with Gasteiger partial charge in [-0.15, -0.1) is 0 Å². The van der Waals surface area contributed by atoms with E-state index in [4.69, 9.17) is 61.9 Å². The second-order valence-electron chi connectivity index (χ2n) is 8.49. The van der Waals surface area contributed by atoms with Crippen molar-refractivity contribution in [2.45, 2.75) is 20.0 Å². The van der Waals surface area contributed by atoms with E-state index in [1.54, 1.807) is 0 Å². The van der Waals surface area contributed by atoms with Crippen molar-refractivity contribution in [3.8, 4) is 0 Å². The molecular weight excluding hydrogens is 548 g/mol. The minimum Gasteiger partial charge on any atom is -0.480 e. The summed E-state index contributed by atoms with van der Waals surface area (Å²) < 4.78 is 64.3. The number of hydrogen-bond donors (Lipinski definition) is 1. The minimum absolute atomic E-state index is 0.227. The van der Waals surface area contributed by atoms with Crippen molar-refractivity contribution < 1.29 is 66.7 Å². The summed E-state index contributed by atoms with van der Waals surface area (Å²) in [5.74, 6) is -0.995. The van der Waals surface area contributed by atoms with E-state index in [0.29, 0.717) is 139 Å². The van der Waals surface area contributed by atoms with Gasteiger partial charge in [0.1, 0.15) is 6.61 Å². The van der Waals surface area contributed by atoms with Crippen LogP contribution in [0.2, 0.25) is 0 Å². The molecule has 0 saturated carbocycles. The monoisotopic (exact) mass is 602 g/mol. The van der Waals surface area contributed by atoms with Crippen LogP contribution >= 0.6 is 0 Å². The van der Waals surface area contributed by atoms with E-state index >= 15 is 0 Å². The summed E-state index contributed by atoms with van der Waals surface area (Å²) >= 11 is 0. The molecule has 0 rings (SSSR count). The molecule has 0 aliphatic rings. The average Bonchev–Trinajstić information content (AvgIpc) is 2.94. The van der Waals surface area contributed by atoms with Crippen LogP contribution in [0.4, 0.5) is 0 Å². The highest BCUT2D eigenvalue weighted by atomic mass is 16.6. The Hall–Kier alpha value is -1.01. The lowest BCUT2D eigenvalue weighted by molar-refractivity contribution is -0.142. The van der Waals surface area contributed by atoms with Crippen molar-refractivity contribution in [1.29, 1.82) is 0 Å². The quantitative estimate of drug-likeness (QED) is 0.100. The van der Waals surface area contributed by atoms with Gasteiger partial charge in [-0.05, 0) is 13.8 Å². The van der Waals surface area contributed by atoms with Crippen molar-refractivity contribution in [1.82, 2.24) is 0 Å². The number of carboxylic acids is 1. The summed E-state index contributed by atoms with van der Waals surface area (Å²) in [6.45, 7) is 14.3. The first-order chi connectivity index (χ1) is 20.1. The lowest BCUT2D eigenvalue weighted by Gasteiger charge is -2.09. The maximum absolute atomic E-state index is 10.3. The van der Waals surface area contributed by atoms with E-state index in [0.717, 1.165) is 0 Å². The Balaban J connectivity index is 3.04. The molecule has 0 heterocycles. The van der Waals surface area contributed by atoms with E-state index < -0.39 is 5.97 Å². The van der Waals surface area contributed by atoms with Crippen molar-refractivity contribution in [3.63, 3.8) is 0 Å². The normalized spacial score (nSPS) is 11.6. The predicted molar refractivity (Wildman–Crippen MR) is 148 cm³/mol. The number of carboxylic acid groups (broad SMARTS) is 1. The van der Waals surface area contributed by atoms with Crippen LogP contribution in [-0.4, -0.2) is 169 Å². The maximum Gasteiger partial charge on any atom is 0.329 e. The third kappa shape index (κ3) is 39.0. The van der Waals surface area contributed by atoms with Crippen LogP contribution in [0, 0.1) is 0 Å². The Morgan fingerprint density at radius 3 is 0.780 bits per heavy atom. The zero-order valence-corrected chi connectivity index (χ0v) is 25.1. The fraction of sp³-hybridized carbons (Fsp3) is 0.963. The molecule has 0 aromatic carbocycles. The molecule has 0 unspecified atom stereocenters. The molecule has 0 saturated heterocycles. The molecule has 14 heteroatoms. The van der Waals surface area contributed by atoms with Crippen LogP contribution in [0.5, 0.6) is 0 Å². The highest BCUT2D eigenvalue weighted by Crippen LogP contribution is 1.89. The summed E-state index contributed by atoms with van der Waals surface area (Å²) in [6.07, 6.45) is 0.227. The third-order valence-electron chi connectivity index (χ3n) is 4.62. The van der Waals surface area contributed by atoms with Gasteiger partial charge in [0.05, 0.1) is 151 Å². The van der Waals surface area contributed by atoms with Gasteiger partial charge >= 0.3 is 5.97 Å². The molecule has 246 valence electrons. The zero-order valence-electron chi connectivity index (χ0n) is 25.1. The minimum atomic E-state index is -0.995. The number of ether oxygens (including phenoxy) is 12. The topological polar surface area (TPSA) is 148 Å². The molecule has 0 aromatic rings. The molecule has 1 N–H and O–H groups in total. The number of aliphatic carboxylic acids is 1. The highest BCUT2D eigenvalue weighted by molar-refractivity contribution is 5.67. The number of hydrogen-bond acceptors (Lipinski definition) is 13. The van der Waals surface area contributed by atoms with Gasteiger partial charge in [0, 0.05) is 0 Å². The first-order valence-corrected chi connectivity index (χ1v) is 14.3. The van der Waals surface area contributed by atoms with Gasteiger partial charge in [-0.3, -0.25) is 0 Å². The van der Waals surface area contributed by atoms with E-state index in [9.17, 15) is 4.79 Å². The van der Waals surface area contributed by atoms with Crippen LogP contribution in [0.15, 0.2) is 0 Å². The van der Waals surface area contributed by atoms with Crippen molar-refractivity contribution >= 4 is 5.97 Å². The summed E-state index contributed by atoms with van der Waals surface area (Å²) in [6, 6.07) is 0. The fourth-order valence-electron chi connectivity index (χ4n) is 2.70. The summed E-state index contributed by atoms with van der Waals surface area (Å²) in [7, 11) is 0. The van der Waals surface area contributed by atoms with Crippen molar-refractivity contribution in [2.24, 2.45) is 0 Å². The number of rotatable bonds is 36. The molecular formula is C27H54O14. The first kappa shape index (κ1) is 40.0. The smallest absolute Gasteiger partial charge is 0.329 e. The molecule has 0 amide bonds. The lowest BCUT2D eigenvalue weighted by Crippen LogP contribution is -2.16. The summed E-state index contributed by atoms with van der Waals surface area (Å²) in [5, 5.41) is 8.41. The van der Waals surface area contributed by atoms with Gasteiger partial charge in [0.15, 0.2) is 0 Å². The summed E-state index contributed by atoms with van der Waals surface area (Å²) in [5.41, 5.74) is 0. The average molecular weight is 603 g/mol. The molecule has 0 aliphatic carbocycles. The Bertz CT molecular complexity index is 512. The standard InChI is InChI=1S/C27H54O14/c1-26(2)41-24-23-39-20-19-37-16-15-35-12-11-33-8-7-31-4-3-30-5-6-32-9-10-34-13-14-36-17-18-38-21-22-40-25-27(28)29/h26H,3-25H2,1-2H3,(H,28,29). The van der Waals surface area contributed by atoms with Gasteiger partial charge < -0.3 is 61.9 Å². The van der Waals surface area contributed by atoms with Crippen LogP contribution < -0.4 is 0 Å². The third-order valence-corrected chi connectivity index (χ3v) is 4.62. The van der Waals surface area contributed by atoms with Gasteiger partial charge in [0.25, 0.3) is 0 Å². The molecule has 0 fully saturated rings. The fourth-order valence-corrected chi connectivity index (χ4v) is 2.70. The van der Waals surface area contributed by atoms with Crippen molar-refractivity contribution in [3.05, 3.63) is 0 Å². The Morgan fingerprint density at radius 2 is 0.585 bits per heavy atom. The Kier molecular flexibility index (Phi) is 34.3. The summed E-state index contributed by atoms with van der Waals surface area (Å²) in [4.78, 5) is 10.3. The predicted octanol–water partition coefficient (Wildman–Crippen LogP) is 0.679. The first-order valence-electron chi connectivity index (χ1n) is 14.3. The van der Waals surface area contributed by atoms with Crippen molar-refractivity contribution in [2.75, 3.05) is 152 Å². The lowest BCUT2D eigenvalue weighted by atomic mass is 10.5. The van der Waals surface area contributed by atoms with Gasteiger partial charge in [-0.2, -0.15) is 0 Å². The molecule has 0 atom stereocenters. The Morgan fingerprint density at radius 1 is 0.390 bits per heavy atom. The number of carbonyl (C=O) groups is 1. The SMILES string of the molecule is CC(C)OCCOCCOCCOCCOCCOCCOCCOCCOCCOCCOCCOCC(=O)O. The van der Waals surface area contributed by atoms with Crippen LogP contribution in [-0.2, 0) is 61.6 Å². The Labute approximate surface area is 245 Å². The second kappa shape index (κ2) is 35.2. The van der Waals surface area contributed by atoms with Gasteiger partial charge in [0.2, 0.25) is 0 Å². The largest absolute Gasteiger partial charge is 0.480 e. The van der Waals surface area contributed by atoms with Crippen LogP contribution in [0.3, 0.4) is 0 Å². The van der Waals surface area contributed by atoms with Gasteiger partial charge in [-0.1, -0.05) is 0 Å². The van der Waals surface area contributed by atoms with E-state index in [-0.39, 0.29) is 19.3 Å². The van der Waals surface area contributed by atoms with E-state index in [1.807, 2.05) is 13.8 Å². The van der Waals surface area contributed by atoms with E-state index in [1.165, 1.54) is 0 Å². The molecule has 14 nitrogen and oxygen atoms in total. The van der Waals surface area contributed by atoms with Crippen LogP contribution in [0.1, 0.15) is 13.8 Å². The van der Waals surface area contributed by atoms with Gasteiger partial charge in [-0.25, -0.2) is 4.79 Å². The molecule has 0 spiro atoms. The zero-order chi connectivity index (χ0) is 29.9. The second-order valence-corrected chi connectivity index (χ2v) is 8.49. The maximum atomic E-state index is 10.3. The molecule has 0 aromatic heterocycles. The van der Waals surface area contributed by atoms with E-state index in [2.05, 4.69) is 0 Å². The van der Waals surface area contributed by atoms with Crippen LogP contribution in [0.25, 0.3) is 0 Å². The molecule has 0 radical (unpaired) electrons. The molecule has 41 heavy (non-hydrogen) atoms. The molecule has 0 aliphatic heterocycles.